The number of carbonyl (C=O) groups is 6. The molecule has 0 saturated carbocycles. The monoisotopic (exact) mass is 815 g/mol. The van der Waals surface area contributed by atoms with E-state index in [4.69, 9.17) is 0 Å². The highest BCUT2D eigenvalue weighted by atomic mass is 32.1. The third kappa shape index (κ3) is 12.4. The van der Waals surface area contributed by atoms with Gasteiger partial charge in [0, 0.05) is 35.9 Å². The lowest BCUT2D eigenvalue weighted by Gasteiger charge is -2.27. The van der Waals surface area contributed by atoms with Gasteiger partial charge in [-0.1, -0.05) is 103 Å². The number of aliphatic hydroxyl groups is 1. The van der Waals surface area contributed by atoms with Gasteiger partial charge in [0.2, 0.25) is 23.6 Å². The summed E-state index contributed by atoms with van der Waals surface area (Å²) in [4.78, 5) is 81.8. The Kier molecular flexibility index (Phi) is 14.4. The minimum atomic E-state index is -1.76. The second kappa shape index (κ2) is 20.2. The Morgan fingerprint density at radius 1 is 0.576 bits per heavy atom. The van der Waals surface area contributed by atoms with E-state index in [1.807, 2.05) is 66.0 Å². The highest BCUT2D eigenvalue weighted by Gasteiger charge is 2.32. The van der Waals surface area contributed by atoms with Crippen molar-refractivity contribution in [1.29, 1.82) is 0 Å². The van der Waals surface area contributed by atoms with Crippen LogP contribution in [0.3, 0.4) is 0 Å². The molecule has 7 N–H and O–H groups in total. The third-order valence-electron chi connectivity index (χ3n) is 9.84. The van der Waals surface area contributed by atoms with E-state index in [1.54, 1.807) is 60.7 Å². The van der Waals surface area contributed by atoms with Gasteiger partial charge in [0.05, 0.1) is 12.8 Å². The first-order chi connectivity index (χ1) is 28.5. The van der Waals surface area contributed by atoms with Crippen LogP contribution in [0.2, 0.25) is 0 Å². The van der Waals surface area contributed by atoms with E-state index in [1.165, 1.54) is 11.3 Å². The van der Waals surface area contributed by atoms with E-state index in [9.17, 15) is 39.0 Å². The number of aliphatic hydroxyl groups excluding tert-OH is 1. The van der Waals surface area contributed by atoms with Gasteiger partial charge in [-0.3, -0.25) is 28.8 Å². The van der Waals surface area contributed by atoms with Gasteiger partial charge in [0.25, 0.3) is 5.91 Å². The normalized spacial score (nSPS) is 20.9. The number of fused-ring (bicyclic) bond motifs is 18. The van der Waals surface area contributed by atoms with Crippen LogP contribution in [0.4, 0.5) is 5.69 Å². The minimum absolute atomic E-state index is 0.00232. The summed E-state index contributed by atoms with van der Waals surface area (Å²) in [7, 11) is 0. The number of thiophene rings is 1. The van der Waals surface area contributed by atoms with Crippen LogP contribution in [-0.4, -0.2) is 76.0 Å². The predicted octanol–water partition coefficient (Wildman–Crippen LogP) is 3.80. The first-order valence-electron chi connectivity index (χ1n) is 19.2. The van der Waals surface area contributed by atoms with Gasteiger partial charge in [-0.05, 0) is 57.8 Å². The summed E-state index contributed by atoms with van der Waals surface area (Å²) in [5.41, 5.74) is 4.30. The lowest BCUT2D eigenvalue weighted by Crippen LogP contribution is -2.58. The molecule has 0 aliphatic carbocycles. The fraction of sp³-hybridized carbons (Fsp3) is 0.244. The molecule has 59 heavy (non-hydrogen) atoms. The number of hydrogen-bond acceptors (Lipinski definition) is 8. The smallest absolute Gasteiger partial charge is 0.305 e. The van der Waals surface area contributed by atoms with Crippen LogP contribution in [0.1, 0.15) is 34.4 Å². The van der Waals surface area contributed by atoms with Crippen molar-refractivity contribution < 1.29 is 39.0 Å². The number of carboxylic acid groups (broad SMARTS) is 1. The molecule has 5 atom stereocenters. The number of nitrogens with one attached hydrogen (secondary N) is 5. The molecule has 0 fully saturated rings. The van der Waals surface area contributed by atoms with Crippen molar-refractivity contribution in [3.05, 3.63) is 148 Å². The van der Waals surface area contributed by atoms with Crippen LogP contribution in [0.5, 0.6) is 0 Å². The molecule has 2 aliphatic rings. The Balaban J connectivity index is 1.35. The average Bonchev–Trinajstić information content (AvgIpc) is 3.74. The zero-order valence-corrected chi connectivity index (χ0v) is 32.8. The predicted molar refractivity (Wildman–Crippen MR) is 223 cm³/mol. The van der Waals surface area contributed by atoms with Crippen LogP contribution >= 0.6 is 11.3 Å². The lowest BCUT2D eigenvalue weighted by atomic mass is 9.98. The van der Waals surface area contributed by atoms with E-state index in [0.29, 0.717) is 16.8 Å². The molecule has 13 nitrogen and oxygen atoms in total. The molecule has 14 heteroatoms. The summed E-state index contributed by atoms with van der Waals surface area (Å²) < 4.78 is 0. The molecular weight excluding hydrogens is 771 g/mol. The first-order valence-corrected chi connectivity index (χ1v) is 20.1. The fourth-order valence-corrected chi connectivity index (χ4v) is 7.55. The van der Waals surface area contributed by atoms with Gasteiger partial charge in [-0.25, -0.2) is 0 Å². The van der Waals surface area contributed by atoms with Crippen molar-refractivity contribution in [1.82, 2.24) is 21.3 Å². The molecular formula is C45H45N5O8S. The molecule has 2 aliphatic heterocycles. The molecule has 4 aromatic carbocycles. The van der Waals surface area contributed by atoms with E-state index in [2.05, 4.69) is 26.6 Å². The molecule has 0 spiro atoms. The van der Waals surface area contributed by atoms with Crippen LogP contribution in [0, 0.1) is 0 Å². The second-order valence-electron chi connectivity index (χ2n) is 14.4. The first kappa shape index (κ1) is 42.0. The van der Waals surface area contributed by atoms with Gasteiger partial charge in [0.15, 0.2) is 0 Å². The van der Waals surface area contributed by atoms with Crippen LogP contribution in [0.15, 0.2) is 127 Å². The van der Waals surface area contributed by atoms with E-state index >= 15 is 0 Å². The van der Waals surface area contributed by atoms with Gasteiger partial charge < -0.3 is 36.8 Å². The second-order valence-corrected chi connectivity index (χ2v) is 15.4. The number of anilines is 1. The molecule has 3 heterocycles. The van der Waals surface area contributed by atoms with Crippen molar-refractivity contribution in [2.75, 3.05) is 5.32 Å². The van der Waals surface area contributed by atoms with Crippen molar-refractivity contribution in [2.45, 2.75) is 68.8 Å². The number of rotatable bonds is 9. The maximum absolute atomic E-state index is 14.5. The fourth-order valence-electron chi connectivity index (χ4n) is 6.79. The summed E-state index contributed by atoms with van der Waals surface area (Å²) >= 11 is 1.36. The molecule has 5 amide bonds. The highest BCUT2D eigenvalue weighted by molar-refractivity contribution is 7.09. The van der Waals surface area contributed by atoms with Crippen molar-refractivity contribution in [3.8, 4) is 11.1 Å². The molecule has 304 valence electrons. The molecule has 1 aromatic heterocycles. The lowest BCUT2D eigenvalue weighted by molar-refractivity contribution is -0.138. The highest BCUT2D eigenvalue weighted by Crippen LogP contribution is 2.21. The zero-order chi connectivity index (χ0) is 41.7. The Morgan fingerprint density at radius 3 is 1.73 bits per heavy atom. The minimum Gasteiger partial charge on any atom is -0.481 e. The zero-order valence-electron chi connectivity index (χ0n) is 32.0. The Labute approximate surface area is 345 Å². The SMILES string of the molecule is O=C(O)CC1Cc2ccc(cc2)NC(=O)C(O)CC(=O)NC(Cc2cccs2)C(=O)NC(Cc2ccc(-c3ccccc3)cc2)C(=O)NC(Cc2ccccc2)C(=O)N1. The summed E-state index contributed by atoms with van der Waals surface area (Å²) in [5.74, 6) is -4.80. The number of benzene rings is 4. The van der Waals surface area contributed by atoms with Crippen molar-refractivity contribution >= 4 is 52.5 Å². The Morgan fingerprint density at radius 2 is 1.14 bits per heavy atom. The molecule has 7 rings (SSSR count). The standard InChI is InChI=1S/C45H45N5O8S/c51-39-27-40(52)48-38(26-35-12-7-21-59-35)44(57)50-37(24-30-13-17-32(18-14-30)31-10-5-2-6-11-31)43(56)49-36(23-28-8-3-1-4-9-28)42(55)47-34(25-41(53)54)22-29-15-19-33(20-16-29)46-45(39)58/h1-21,34,36-39,51H,22-27H2,(H,46,58)(H,47,55)(H,48,52)(H,49,56)(H,50,57)(H,53,54). The number of hydrogen-bond donors (Lipinski definition) is 7. The number of aliphatic carboxylic acids is 1. The van der Waals surface area contributed by atoms with Gasteiger partial charge in [-0.2, -0.15) is 0 Å². The van der Waals surface area contributed by atoms with E-state index in [-0.39, 0.29) is 25.7 Å². The third-order valence-corrected chi connectivity index (χ3v) is 10.7. The van der Waals surface area contributed by atoms with Gasteiger partial charge in [0.1, 0.15) is 24.2 Å². The van der Waals surface area contributed by atoms with E-state index < -0.39 is 78.6 Å². The maximum atomic E-state index is 14.5. The quantitative estimate of drug-likeness (QED) is 0.109. The summed E-state index contributed by atoms with van der Waals surface area (Å²) in [6.45, 7) is 0. The molecule has 0 saturated heterocycles. The molecule has 5 aromatic rings. The Bertz CT molecular complexity index is 2220. The van der Waals surface area contributed by atoms with E-state index in [0.717, 1.165) is 21.6 Å². The van der Waals surface area contributed by atoms with Crippen LogP contribution in [-0.2, 0) is 54.5 Å². The van der Waals surface area contributed by atoms with Gasteiger partial charge in [-0.15, -0.1) is 11.3 Å². The maximum Gasteiger partial charge on any atom is 0.305 e. The largest absolute Gasteiger partial charge is 0.481 e. The topological polar surface area (TPSA) is 203 Å². The summed E-state index contributed by atoms with van der Waals surface area (Å²) in [5, 5.41) is 36.0. The van der Waals surface area contributed by atoms with Crippen LogP contribution < -0.4 is 26.6 Å². The molecule has 2 bridgehead atoms. The number of carbonyl (C=O) groups excluding carboxylic acids is 5. The summed E-state index contributed by atoms with van der Waals surface area (Å²) in [6, 6.07) is 31.7. The van der Waals surface area contributed by atoms with Crippen molar-refractivity contribution in [3.63, 3.8) is 0 Å². The molecule has 0 radical (unpaired) electrons. The summed E-state index contributed by atoms with van der Waals surface area (Å²) in [6.07, 6.45) is -2.63. The number of carboxylic acids is 1. The van der Waals surface area contributed by atoms with Crippen LogP contribution in [0.25, 0.3) is 11.1 Å². The van der Waals surface area contributed by atoms with Gasteiger partial charge >= 0.3 is 5.97 Å². The average molecular weight is 816 g/mol. The Hall–Kier alpha value is -6.64. The van der Waals surface area contributed by atoms with Crippen molar-refractivity contribution in [2.24, 2.45) is 0 Å². The molecule has 5 unspecified atom stereocenters. The number of amides is 5.